The second kappa shape index (κ2) is 14.5. The summed E-state index contributed by atoms with van der Waals surface area (Å²) in [6.07, 6.45) is 9.33. The Kier molecular flexibility index (Phi) is 14.0. The maximum Gasteiger partial charge on any atom is 0.220 e. The highest BCUT2D eigenvalue weighted by Gasteiger charge is 1.99. The minimum Gasteiger partial charge on any atom is -0.395 e. The summed E-state index contributed by atoms with van der Waals surface area (Å²) in [4.78, 5) is 11.4. The molecule has 0 saturated heterocycles. The number of rotatable bonds is 13. The van der Waals surface area contributed by atoms with Crippen LogP contribution in [0.1, 0.15) is 58.3 Å². The molecule has 18 heavy (non-hydrogen) atoms. The van der Waals surface area contributed by atoms with Crippen molar-refractivity contribution in [2.45, 2.75) is 58.3 Å². The third-order valence-electron chi connectivity index (χ3n) is 2.92. The molecule has 0 unspecified atom stereocenters. The molecule has 0 heterocycles. The predicted octanol–water partition coefficient (Wildman–Crippen LogP) is 1.83. The average molecular weight is 258 g/mol. The number of unbranched alkanes of at least 4 members (excludes halogenated alkanes) is 6. The van der Waals surface area contributed by atoms with Crippen molar-refractivity contribution in [3.8, 4) is 0 Å². The number of hydrogen-bond acceptors (Lipinski definition) is 3. The van der Waals surface area contributed by atoms with Crippen LogP contribution in [0.25, 0.3) is 0 Å². The van der Waals surface area contributed by atoms with Gasteiger partial charge in [-0.25, -0.2) is 0 Å². The zero-order chi connectivity index (χ0) is 13.5. The minimum atomic E-state index is 0.145. The highest BCUT2D eigenvalue weighted by molar-refractivity contribution is 5.75. The molecule has 0 aliphatic rings. The van der Waals surface area contributed by atoms with Crippen molar-refractivity contribution in [2.75, 3.05) is 26.2 Å². The Bertz CT molecular complexity index is 187. The van der Waals surface area contributed by atoms with E-state index >= 15 is 0 Å². The first kappa shape index (κ1) is 17.4. The second-order valence-corrected chi connectivity index (χ2v) is 4.69. The number of aliphatic hydroxyl groups is 1. The van der Waals surface area contributed by atoms with E-state index in [0.717, 1.165) is 13.0 Å². The SMILES string of the molecule is CCCCCCCCCC(=O)NCCNCCO. The first-order chi connectivity index (χ1) is 8.81. The molecular formula is C14H30N2O2. The van der Waals surface area contributed by atoms with E-state index in [1.807, 2.05) is 0 Å². The van der Waals surface area contributed by atoms with Gasteiger partial charge in [0.2, 0.25) is 5.91 Å². The molecule has 0 bridgehead atoms. The van der Waals surface area contributed by atoms with Gasteiger partial charge in [-0.3, -0.25) is 4.79 Å². The molecule has 1 amide bonds. The van der Waals surface area contributed by atoms with Gasteiger partial charge in [0.25, 0.3) is 0 Å². The van der Waals surface area contributed by atoms with E-state index in [4.69, 9.17) is 5.11 Å². The molecule has 0 fully saturated rings. The van der Waals surface area contributed by atoms with E-state index < -0.39 is 0 Å². The number of nitrogens with one attached hydrogen (secondary N) is 2. The fourth-order valence-corrected chi connectivity index (χ4v) is 1.83. The number of aliphatic hydroxyl groups excluding tert-OH is 1. The molecule has 0 saturated carbocycles. The van der Waals surface area contributed by atoms with Crippen molar-refractivity contribution in [3.05, 3.63) is 0 Å². The predicted molar refractivity (Wildman–Crippen MR) is 75.6 cm³/mol. The minimum absolute atomic E-state index is 0.145. The smallest absolute Gasteiger partial charge is 0.220 e. The average Bonchev–Trinajstić information content (AvgIpc) is 2.37. The zero-order valence-corrected chi connectivity index (χ0v) is 11.8. The van der Waals surface area contributed by atoms with Crippen LogP contribution in [0, 0.1) is 0 Å². The van der Waals surface area contributed by atoms with Crippen LogP contribution in [0.4, 0.5) is 0 Å². The summed E-state index contributed by atoms with van der Waals surface area (Å²) in [6.45, 7) is 4.33. The van der Waals surface area contributed by atoms with Gasteiger partial charge >= 0.3 is 0 Å². The third-order valence-corrected chi connectivity index (χ3v) is 2.92. The molecule has 0 aromatic rings. The van der Waals surface area contributed by atoms with Gasteiger partial charge in [0, 0.05) is 26.1 Å². The molecular weight excluding hydrogens is 228 g/mol. The van der Waals surface area contributed by atoms with Crippen molar-refractivity contribution < 1.29 is 9.90 Å². The van der Waals surface area contributed by atoms with Crippen molar-refractivity contribution in [2.24, 2.45) is 0 Å². The zero-order valence-electron chi connectivity index (χ0n) is 11.8. The summed E-state index contributed by atoms with van der Waals surface area (Å²) in [5.41, 5.74) is 0. The van der Waals surface area contributed by atoms with Crippen molar-refractivity contribution >= 4 is 5.91 Å². The van der Waals surface area contributed by atoms with Crippen molar-refractivity contribution in [1.82, 2.24) is 10.6 Å². The Morgan fingerprint density at radius 2 is 1.61 bits per heavy atom. The number of amides is 1. The van der Waals surface area contributed by atoms with Crippen LogP contribution in [0.15, 0.2) is 0 Å². The maximum atomic E-state index is 11.4. The van der Waals surface area contributed by atoms with Gasteiger partial charge in [-0.2, -0.15) is 0 Å². The Labute approximate surface area is 112 Å². The van der Waals surface area contributed by atoms with E-state index in [1.54, 1.807) is 0 Å². The van der Waals surface area contributed by atoms with Gasteiger partial charge < -0.3 is 15.7 Å². The molecule has 0 atom stereocenters. The summed E-state index contributed by atoms with van der Waals surface area (Å²) in [6, 6.07) is 0. The van der Waals surface area contributed by atoms with E-state index in [-0.39, 0.29) is 12.5 Å². The molecule has 0 aromatic carbocycles. The summed E-state index contributed by atoms with van der Waals surface area (Å²) < 4.78 is 0. The van der Waals surface area contributed by atoms with Gasteiger partial charge in [0.15, 0.2) is 0 Å². The lowest BCUT2D eigenvalue weighted by molar-refractivity contribution is -0.121. The van der Waals surface area contributed by atoms with Crippen molar-refractivity contribution in [3.63, 3.8) is 0 Å². The van der Waals surface area contributed by atoms with Gasteiger partial charge in [0.1, 0.15) is 0 Å². The molecule has 4 nitrogen and oxygen atoms in total. The Morgan fingerprint density at radius 3 is 2.28 bits per heavy atom. The monoisotopic (exact) mass is 258 g/mol. The molecule has 0 aliphatic carbocycles. The van der Waals surface area contributed by atoms with Gasteiger partial charge in [-0.1, -0.05) is 45.4 Å². The third kappa shape index (κ3) is 13.5. The van der Waals surface area contributed by atoms with E-state index in [9.17, 15) is 4.79 Å². The van der Waals surface area contributed by atoms with Crippen LogP contribution in [-0.2, 0) is 4.79 Å². The van der Waals surface area contributed by atoms with Crippen LogP contribution in [-0.4, -0.2) is 37.3 Å². The first-order valence-corrected chi connectivity index (χ1v) is 7.39. The Balaban J connectivity index is 3.12. The molecule has 0 rings (SSSR count). The molecule has 108 valence electrons. The summed E-state index contributed by atoms with van der Waals surface area (Å²) in [5.74, 6) is 0.148. The van der Waals surface area contributed by atoms with Gasteiger partial charge in [0.05, 0.1) is 6.61 Å². The Morgan fingerprint density at radius 1 is 0.944 bits per heavy atom. The quantitative estimate of drug-likeness (QED) is 0.442. The van der Waals surface area contributed by atoms with Crippen LogP contribution in [0.3, 0.4) is 0 Å². The van der Waals surface area contributed by atoms with E-state index in [2.05, 4.69) is 17.6 Å². The van der Waals surface area contributed by atoms with Crippen LogP contribution in [0.5, 0.6) is 0 Å². The fraction of sp³-hybridized carbons (Fsp3) is 0.929. The van der Waals surface area contributed by atoms with E-state index in [0.29, 0.717) is 19.5 Å². The normalized spacial score (nSPS) is 10.6. The standard InChI is InChI=1S/C14H30N2O2/c1-2-3-4-5-6-7-8-9-14(18)16-11-10-15-12-13-17/h15,17H,2-13H2,1H3,(H,16,18). The highest BCUT2D eigenvalue weighted by Crippen LogP contribution is 2.08. The molecule has 3 N–H and O–H groups in total. The topological polar surface area (TPSA) is 61.4 Å². The number of carbonyl (C=O) groups is 1. The van der Waals surface area contributed by atoms with Crippen LogP contribution >= 0.6 is 0 Å². The van der Waals surface area contributed by atoms with Crippen LogP contribution < -0.4 is 10.6 Å². The van der Waals surface area contributed by atoms with Crippen molar-refractivity contribution in [1.29, 1.82) is 0 Å². The molecule has 0 aromatic heterocycles. The summed E-state index contributed by atoms with van der Waals surface area (Å²) >= 11 is 0. The molecule has 4 heteroatoms. The summed E-state index contributed by atoms with van der Waals surface area (Å²) in [5, 5.41) is 14.4. The number of carbonyl (C=O) groups excluding carboxylic acids is 1. The Hall–Kier alpha value is -0.610. The molecule has 0 radical (unpaired) electrons. The summed E-state index contributed by atoms with van der Waals surface area (Å²) in [7, 11) is 0. The van der Waals surface area contributed by atoms with Gasteiger partial charge in [-0.15, -0.1) is 0 Å². The first-order valence-electron chi connectivity index (χ1n) is 7.39. The lowest BCUT2D eigenvalue weighted by Gasteiger charge is -2.06. The maximum absolute atomic E-state index is 11.4. The second-order valence-electron chi connectivity index (χ2n) is 4.69. The lowest BCUT2D eigenvalue weighted by Crippen LogP contribution is -2.32. The molecule has 0 aliphatic heterocycles. The lowest BCUT2D eigenvalue weighted by atomic mass is 10.1. The fourth-order valence-electron chi connectivity index (χ4n) is 1.83. The number of hydrogen-bond donors (Lipinski definition) is 3. The van der Waals surface area contributed by atoms with Crippen LogP contribution in [0.2, 0.25) is 0 Å². The molecule has 0 spiro atoms. The highest BCUT2D eigenvalue weighted by atomic mass is 16.3. The largest absolute Gasteiger partial charge is 0.395 e. The van der Waals surface area contributed by atoms with E-state index in [1.165, 1.54) is 38.5 Å². The van der Waals surface area contributed by atoms with Gasteiger partial charge in [-0.05, 0) is 6.42 Å².